The topological polar surface area (TPSA) is 64.7 Å². The van der Waals surface area contributed by atoms with Gasteiger partial charge in [-0.3, -0.25) is 14.5 Å². The molecule has 1 unspecified atom stereocenters. The molecule has 2 aliphatic rings. The highest BCUT2D eigenvalue weighted by atomic mass is 35.5. The van der Waals surface area contributed by atoms with E-state index in [1.807, 2.05) is 30.3 Å². The van der Waals surface area contributed by atoms with Crippen LogP contribution >= 0.6 is 12.4 Å². The van der Waals surface area contributed by atoms with Crippen LogP contribution in [-0.4, -0.2) is 73.5 Å². The predicted molar refractivity (Wildman–Crippen MR) is 104 cm³/mol. The Bertz CT molecular complexity index is 578. The molecular formula is C19H29ClN4O2. The summed E-state index contributed by atoms with van der Waals surface area (Å²) in [6.07, 6.45) is 2.03. The lowest BCUT2D eigenvalue weighted by Crippen LogP contribution is -2.49. The Morgan fingerprint density at radius 1 is 1.12 bits per heavy atom. The maximum absolute atomic E-state index is 12.6. The third-order valence-corrected chi connectivity index (χ3v) is 5.01. The second-order valence-electron chi connectivity index (χ2n) is 6.79. The fourth-order valence-electron chi connectivity index (χ4n) is 3.60. The van der Waals surface area contributed by atoms with Crippen LogP contribution in [0, 0.1) is 0 Å². The smallest absolute Gasteiger partial charge is 0.242 e. The molecule has 0 aliphatic carbocycles. The van der Waals surface area contributed by atoms with E-state index in [0.29, 0.717) is 19.5 Å². The molecule has 6 nitrogen and oxygen atoms in total. The Hall–Kier alpha value is -1.63. The predicted octanol–water partition coefficient (Wildman–Crippen LogP) is 0.663. The largest absolute Gasteiger partial charge is 0.353 e. The number of nitrogens with zero attached hydrogens (tertiary/aromatic N) is 2. The first-order valence-corrected chi connectivity index (χ1v) is 9.28. The number of benzene rings is 1. The zero-order valence-corrected chi connectivity index (χ0v) is 16.0. The van der Waals surface area contributed by atoms with Crippen molar-refractivity contribution in [3.8, 4) is 0 Å². The van der Waals surface area contributed by atoms with Crippen molar-refractivity contribution in [2.24, 2.45) is 0 Å². The second kappa shape index (κ2) is 10.5. The van der Waals surface area contributed by atoms with E-state index in [1.54, 1.807) is 4.90 Å². The summed E-state index contributed by atoms with van der Waals surface area (Å²) in [5, 5.41) is 6.35. The van der Waals surface area contributed by atoms with Gasteiger partial charge in [-0.15, -0.1) is 12.4 Å². The van der Waals surface area contributed by atoms with Gasteiger partial charge >= 0.3 is 0 Å². The van der Waals surface area contributed by atoms with Crippen LogP contribution in [0.2, 0.25) is 0 Å². The molecule has 0 aromatic heterocycles. The van der Waals surface area contributed by atoms with Gasteiger partial charge in [-0.1, -0.05) is 30.3 Å². The third-order valence-electron chi connectivity index (χ3n) is 5.01. The van der Waals surface area contributed by atoms with Crippen molar-refractivity contribution in [1.82, 2.24) is 20.4 Å². The summed E-state index contributed by atoms with van der Waals surface area (Å²) in [6, 6.07) is 9.42. The fourth-order valence-corrected chi connectivity index (χ4v) is 3.60. The van der Waals surface area contributed by atoms with Crippen molar-refractivity contribution >= 4 is 24.2 Å². The van der Waals surface area contributed by atoms with Crippen molar-refractivity contribution in [3.05, 3.63) is 35.9 Å². The Balaban J connectivity index is 0.00000243. The number of hydrogen-bond acceptors (Lipinski definition) is 4. The number of amides is 2. The van der Waals surface area contributed by atoms with Gasteiger partial charge in [-0.25, -0.2) is 0 Å². The maximum atomic E-state index is 12.6. The Kier molecular flexibility index (Phi) is 8.35. The number of halogens is 1. The molecule has 2 amide bonds. The Morgan fingerprint density at radius 2 is 1.85 bits per heavy atom. The van der Waals surface area contributed by atoms with E-state index >= 15 is 0 Å². The van der Waals surface area contributed by atoms with E-state index in [4.69, 9.17) is 0 Å². The van der Waals surface area contributed by atoms with E-state index < -0.39 is 0 Å². The van der Waals surface area contributed by atoms with Crippen molar-refractivity contribution in [1.29, 1.82) is 0 Å². The van der Waals surface area contributed by atoms with Gasteiger partial charge < -0.3 is 15.5 Å². The van der Waals surface area contributed by atoms with Crippen molar-refractivity contribution in [3.63, 3.8) is 0 Å². The molecule has 1 atom stereocenters. The lowest BCUT2D eigenvalue weighted by molar-refractivity contribution is -0.138. The van der Waals surface area contributed by atoms with E-state index in [0.717, 1.165) is 51.1 Å². The molecule has 2 aliphatic heterocycles. The van der Waals surface area contributed by atoms with Crippen LogP contribution in [0.5, 0.6) is 0 Å². The number of likely N-dealkylation sites (tertiary alicyclic amines) is 1. The molecule has 0 spiro atoms. The molecule has 0 radical (unpaired) electrons. The van der Waals surface area contributed by atoms with Crippen LogP contribution in [0.3, 0.4) is 0 Å². The number of carbonyl (C=O) groups excluding carboxylic acids is 2. The van der Waals surface area contributed by atoms with Crippen LogP contribution in [0.1, 0.15) is 18.4 Å². The maximum Gasteiger partial charge on any atom is 0.242 e. The van der Waals surface area contributed by atoms with Crippen LogP contribution in [0.4, 0.5) is 0 Å². The first-order chi connectivity index (χ1) is 12.2. The fraction of sp³-hybridized carbons (Fsp3) is 0.579. The minimum atomic E-state index is -0.306. The summed E-state index contributed by atoms with van der Waals surface area (Å²) in [6.45, 7) is 6.29. The van der Waals surface area contributed by atoms with Gasteiger partial charge in [0.05, 0.1) is 6.42 Å². The Morgan fingerprint density at radius 3 is 2.58 bits per heavy atom. The zero-order chi connectivity index (χ0) is 17.5. The molecule has 0 bridgehead atoms. The minimum absolute atomic E-state index is 0. The highest BCUT2D eigenvalue weighted by Gasteiger charge is 2.33. The van der Waals surface area contributed by atoms with Crippen LogP contribution in [-0.2, 0) is 16.0 Å². The molecule has 2 fully saturated rings. The van der Waals surface area contributed by atoms with Crippen molar-refractivity contribution in [2.45, 2.75) is 25.3 Å². The molecule has 1 aromatic carbocycles. The first-order valence-electron chi connectivity index (χ1n) is 9.28. The van der Waals surface area contributed by atoms with Gasteiger partial charge in [0.1, 0.15) is 6.04 Å². The SMILES string of the molecule is Cl.O=C(NCCN1CCNCC1)C1CCCN1C(=O)Cc1ccccc1. The van der Waals surface area contributed by atoms with Gasteiger partial charge in [-0.05, 0) is 18.4 Å². The summed E-state index contributed by atoms with van der Waals surface area (Å²) in [4.78, 5) is 29.2. The zero-order valence-electron chi connectivity index (χ0n) is 15.2. The summed E-state index contributed by atoms with van der Waals surface area (Å²) in [5.74, 6) is 0.0417. The molecule has 144 valence electrons. The number of rotatable bonds is 6. The molecule has 2 heterocycles. The van der Waals surface area contributed by atoms with Gasteiger partial charge in [0, 0.05) is 45.8 Å². The summed E-state index contributed by atoms with van der Waals surface area (Å²) >= 11 is 0. The number of hydrogen-bond donors (Lipinski definition) is 2. The average molecular weight is 381 g/mol. The molecule has 3 rings (SSSR count). The normalized spacial score (nSPS) is 20.5. The number of nitrogens with one attached hydrogen (secondary N) is 2. The van der Waals surface area contributed by atoms with Gasteiger partial charge in [0.25, 0.3) is 0 Å². The average Bonchev–Trinajstić information content (AvgIpc) is 3.13. The van der Waals surface area contributed by atoms with E-state index in [9.17, 15) is 9.59 Å². The Labute approximate surface area is 161 Å². The van der Waals surface area contributed by atoms with Crippen LogP contribution in [0.25, 0.3) is 0 Å². The summed E-state index contributed by atoms with van der Waals surface area (Å²) in [7, 11) is 0. The molecule has 7 heteroatoms. The quantitative estimate of drug-likeness (QED) is 0.761. The summed E-state index contributed by atoms with van der Waals surface area (Å²) in [5.41, 5.74) is 0.997. The highest BCUT2D eigenvalue weighted by Crippen LogP contribution is 2.19. The molecule has 26 heavy (non-hydrogen) atoms. The number of carbonyl (C=O) groups is 2. The number of piperazine rings is 1. The van der Waals surface area contributed by atoms with Crippen molar-refractivity contribution in [2.75, 3.05) is 45.8 Å². The minimum Gasteiger partial charge on any atom is -0.353 e. The first kappa shape index (κ1) is 20.7. The summed E-state index contributed by atoms with van der Waals surface area (Å²) < 4.78 is 0. The lowest BCUT2D eigenvalue weighted by Gasteiger charge is -2.28. The van der Waals surface area contributed by atoms with E-state index in [2.05, 4.69) is 15.5 Å². The standard InChI is InChI=1S/C19H28N4O2.ClH/c24-18(15-16-5-2-1-3-6-16)23-11-4-7-17(23)19(25)21-10-14-22-12-8-20-9-13-22;/h1-3,5-6,17,20H,4,7-15H2,(H,21,25);1H. The van der Waals surface area contributed by atoms with Gasteiger partial charge in [0.15, 0.2) is 0 Å². The van der Waals surface area contributed by atoms with E-state index in [-0.39, 0.29) is 30.3 Å². The van der Waals surface area contributed by atoms with Crippen molar-refractivity contribution < 1.29 is 9.59 Å². The monoisotopic (exact) mass is 380 g/mol. The second-order valence-corrected chi connectivity index (χ2v) is 6.79. The molecular weight excluding hydrogens is 352 g/mol. The van der Waals surface area contributed by atoms with E-state index in [1.165, 1.54) is 0 Å². The molecule has 1 aromatic rings. The molecule has 2 saturated heterocycles. The van der Waals surface area contributed by atoms with Gasteiger partial charge in [-0.2, -0.15) is 0 Å². The molecule has 2 N–H and O–H groups in total. The highest BCUT2D eigenvalue weighted by molar-refractivity contribution is 5.89. The molecule has 0 saturated carbocycles. The third kappa shape index (κ3) is 5.69. The van der Waals surface area contributed by atoms with Crippen LogP contribution < -0.4 is 10.6 Å². The van der Waals surface area contributed by atoms with Crippen LogP contribution in [0.15, 0.2) is 30.3 Å². The lowest BCUT2D eigenvalue weighted by atomic mass is 10.1. The van der Waals surface area contributed by atoms with Gasteiger partial charge in [0.2, 0.25) is 11.8 Å².